The molecule has 0 saturated carbocycles. The van der Waals surface area contributed by atoms with Crippen LogP contribution in [-0.4, -0.2) is 35.4 Å². The zero-order valence-corrected chi connectivity index (χ0v) is 16.5. The molecular formula is C18H28N4O3S. The molecule has 3 N–H and O–H groups in total. The average Bonchev–Trinajstić information content (AvgIpc) is 2.87. The number of hydrogen-bond acceptors (Lipinski definition) is 6. The van der Waals surface area contributed by atoms with Crippen molar-refractivity contribution in [3.8, 4) is 0 Å². The molecule has 8 heteroatoms. The Balaban J connectivity index is 2.15. The number of aromatic nitrogens is 2. The van der Waals surface area contributed by atoms with E-state index in [9.17, 15) is 9.59 Å². The third kappa shape index (κ3) is 3.64. The molecule has 0 aliphatic carbocycles. The summed E-state index contributed by atoms with van der Waals surface area (Å²) < 4.78 is 8.46. The number of thiophene rings is 1. The van der Waals surface area contributed by atoms with Crippen molar-refractivity contribution in [3.05, 3.63) is 31.3 Å². The van der Waals surface area contributed by atoms with Crippen LogP contribution in [-0.2, 0) is 24.4 Å². The first kappa shape index (κ1) is 19.3. The number of nitrogens with two attached hydrogens (primary N) is 1. The van der Waals surface area contributed by atoms with Gasteiger partial charge >= 0.3 is 5.69 Å². The number of ether oxygens (including phenoxy) is 1. The monoisotopic (exact) mass is 380 g/mol. The van der Waals surface area contributed by atoms with Gasteiger partial charge in [-0.15, -0.1) is 11.3 Å². The van der Waals surface area contributed by atoms with Crippen LogP contribution in [0.3, 0.4) is 0 Å². The molecule has 3 rings (SSSR count). The zero-order chi connectivity index (χ0) is 18.8. The first-order valence-electron chi connectivity index (χ1n) is 9.18. The SMILES string of the molecule is Cc1c(CNCCN)sc2c1c(=O)n(CC(C)C)c(=O)n2CC1COC1. The highest BCUT2D eigenvalue weighted by Gasteiger charge is 2.25. The van der Waals surface area contributed by atoms with Crippen LogP contribution in [0.2, 0.25) is 0 Å². The molecule has 144 valence electrons. The lowest BCUT2D eigenvalue weighted by Gasteiger charge is -2.27. The number of fused-ring (bicyclic) bond motifs is 1. The van der Waals surface area contributed by atoms with Crippen LogP contribution < -0.4 is 22.3 Å². The Morgan fingerprint density at radius 1 is 1.31 bits per heavy atom. The predicted molar refractivity (Wildman–Crippen MR) is 105 cm³/mol. The summed E-state index contributed by atoms with van der Waals surface area (Å²) in [5, 5.41) is 3.97. The molecular weight excluding hydrogens is 352 g/mol. The van der Waals surface area contributed by atoms with Gasteiger partial charge in [-0.3, -0.25) is 13.9 Å². The van der Waals surface area contributed by atoms with Gasteiger partial charge in [0.15, 0.2) is 0 Å². The summed E-state index contributed by atoms with van der Waals surface area (Å²) in [5.41, 5.74) is 6.14. The van der Waals surface area contributed by atoms with Gasteiger partial charge in [0, 0.05) is 43.5 Å². The summed E-state index contributed by atoms with van der Waals surface area (Å²) in [6.45, 7) is 10.3. The van der Waals surface area contributed by atoms with Crippen molar-refractivity contribution in [1.82, 2.24) is 14.5 Å². The molecule has 1 saturated heterocycles. The van der Waals surface area contributed by atoms with Gasteiger partial charge in [0.05, 0.1) is 18.6 Å². The molecule has 1 fully saturated rings. The highest BCUT2D eigenvalue weighted by Crippen LogP contribution is 2.28. The van der Waals surface area contributed by atoms with Crippen LogP contribution in [0.5, 0.6) is 0 Å². The Morgan fingerprint density at radius 3 is 2.62 bits per heavy atom. The second-order valence-electron chi connectivity index (χ2n) is 7.40. The first-order valence-corrected chi connectivity index (χ1v) is 9.99. The van der Waals surface area contributed by atoms with Gasteiger partial charge in [0.25, 0.3) is 5.56 Å². The maximum Gasteiger partial charge on any atom is 0.332 e. The molecule has 0 unspecified atom stereocenters. The Bertz CT molecular complexity index is 892. The summed E-state index contributed by atoms with van der Waals surface area (Å²) >= 11 is 1.54. The molecule has 7 nitrogen and oxygen atoms in total. The zero-order valence-electron chi connectivity index (χ0n) is 15.7. The molecule has 2 aromatic heterocycles. The molecule has 0 radical (unpaired) electrons. The fraction of sp³-hybridized carbons (Fsp3) is 0.667. The topological polar surface area (TPSA) is 91.3 Å². The predicted octanol–water partition coefficient (Wildman–Crippen LogP) is 0.884. The van der Waals surface area contributed by atoms with Crippen molar-refractivity contribution in [2.75, 3.05) is 26.3 Å². The second-order valence-corrected chi connectivity index (χ2v) is 8.49. The highest BCUT2D eigenvalue weighted by molar-refractivity contribution is 7.18. The van der Waals surface area contributed by atoms with Crippen LogP contribution in [0.25, 0.3) is 10.2 Å². The van der Waals surface area contributed by atoms with Crippen LogP contribution >= 0.6 is 11.3 Å². The smallest absolute Gasteiger partial charge is 0.332 e. The van der Waals surface area contributed by atoms with E-state index < -0.39 is 0 Å². The van der Waals surface area contributed by atoms with Gasteiger partial charge in [-0.25, -0.2) is 4.79 Å². The van der Waals surface area contributed by atoms with E-state index in [1.807, 2.05) is 20.8 Å². The maximum absolute atomic E-state index is 13.1. The minimum atomic E-state index is -0.203. The van der Waals surface area contributed by atoms with Crippen molar-refractivity contribution in [1.29, 1.82) is 0 Å². The Hall–Kier alpha value is -1.48. The quantitative estimate of drug-likeness (QED) is 0.664. The number of rotatable bonds is 8. The van der Waals surface area contributed by atoms with Crippen LogP contribution in [0.1, 0.15) is 24.3 Å². The van der Waals surface area contributed by atoms with Gasteiger partial charge in [-0.05, 0) is 18.4 Å². The summed E-state index contributed by atoms with van der Waals surface area (Å²) in [6.07, 6.45) is 0. The minimum Gasteiger partial charge on any atom is -0.381 e. The van der Waals surface area contributed by atoms with E-state index in [4.69, 9.17) is 10.5 Å². The van der Waals surface area contributed by atoms with Crippen molar-refractivity contribution < 1.29 is 4.74 Å². The lowest BCUT2D eigenvalue weighted by atomic mass is 10.1. The number of aryl methyl sites for hydroxylation is 1. The molecule has 0 atom stereocenters. The molecule has 1 aliphatic rings. The van der Waals surface area contributed by atoms with Crippen LogP contribution in [0, 0.1) is 18.8 Å². The third-order valence-corrected chi connectivity index (χ3v) is 6.01. The van der Waals surface area contributed by atoms with Gasteiger partial charge < -0.3 is 15.8 Å². The molecule has 0 spiro atoms. The largest absolute Gasteiger partial charge is 0.381 e. The van der Waals surface area contributed by atoms with E-state index in [2.05, 4.69) is 5.32 Å². The van der Waals surface area contributed by atoms with E-state index in [1.165, 1.54) is 15.9 Å². The molecule has 3 heterocycles. The lowest BCUT2D eigenvalue weighted by molar-refractivity contribution is -0.0395. The number of hydrogen-bond donors (Lipinski definition) is 2. The summed E-state index contributed by atoms with van der Waals surface area (Å²) in [4.78, 5) is 28.0. The van der Waals surface area contributed by atoms with E-state index in [0.717, 1.165) is 21.8 Å². The summed E-state index contributed by atoms with van der Waals surface area (Å²) in [7, 11) is 0. The van der Waals surface area contributed by atoms with Crippen molar-refractivity contribution in [2.24, 2.45) is 17.6 Å². The average molecular weight is 381 g/mol. The molecule has 0 aromatic carbocycles. The van der Waals surface area contributed by atoms with E-state index in [1.54, 1.807) is 4.57 Å². The maximum atomic E-state index is 13.1. The lowest BCUT2D eigenvalue weighted by Crippen LogP contribution is -2.43. The Morgan fingerprint density at radius 2 is 2.04 bits per heavy atom. The van der Waals surface area contributed by atoms with Crippen LogP contribution in [0.15, 0.2) is 9.59 Å². The van der Waals surface area contributed by atoms with Crippen molar-refractivity contribution in [3.63, 3.8) is 0 Å². The Kier molecular flexibility index (Phi) is 5.96. The first-order chi connectivity index (χ1) is 12.4. The molecule has 0 bridgehead atoms. The number of nitrogens with zero attached hydrogens (tertiary/aromatic N) is 2. The standard InChI is InChI=1S/C18H28N4O3S/c1-11(2)7-21-16(23)15-12(3)14(6-20-5-4-19)26-17(15)22(18(21)24)8-13-9-25-10-13/h11,13,20H,4-10,19H2,1-3H3. The summed E-state index contributed by atoms with van der Waals surface area (Å²) in [5.74, 6) is 0.560. The normalized spacial score (nSPS) is 15.1. The van der Waals surface area contributed by atoms with Gasteiger partial charge in [0.1, 0.15) is 4.83 Å². The number of nitrogens with one attached hydrogen (secondary N) is 1. The van der Waals surface area contributed by atoms with Gasteiger partial charge in [-0.1, -0.05) is 13.8 Å². The molecule has 26 heavy (non-hydrogen) atoms. The fourth-order valence-electron chi connectivity index (χ4n) is 3.25. The van der Waals surface area contributed by atoms with Crippen molar-refractivity contribution >= 4 is 21.6 Å². The Labute approximate surface area is 156 Å². The van der Waals surface area contributed by atoms with Gasteiger partial charge in [0.2, 0.25) is 0 Å². The minimum absolute atomic E-state index is 0.168. The molecule has 0 amide bonds. The fourth-order valence-corrected chi connectivity index (χ4v) is 4.52. The second kappa shape index (κ2) is 8.04. The van der Waals surface area contributed by atoms with Crippen LogP contribution in [0.4, 0.5) is 0 Å². The molecule has 1 aliphatic heterocycles. The molecule has 2 aromatic rings. The van der Waals surface area contributed by atoms with Crippen molar-refractivity contribution in [2.45, 2.75) is 40.4 Å². The highest BCUT2D eigenvalue weighted by atomic mass is 32.1. The van der Waals surface area contributed by atoms with E-state index in [-0.39, 0.29) is 17.2 Å². The van der Waals surface area contributed by atoms with E-state index in [0.29, 0.717) is 50.7 Å². The van der Waals surface area contributed by atoms with Gasteiger partial charge in [-0.2, -0.15) is 0 Å². The van der Waals surface area contributed by atoms with E-state index >= 15 is 0 Å². The summed E-state index contributed by atoms with van der Waals surface area (Å²) in [6, 6.07) is 0. The third-order valence-electron chi connectivity index (χ3n) is 4.70.